The summed E-state index contributed by atoms with van der Waals surface area (Å²) in [7, 11) is 0. The van der Waals surface area contributed by atoms with Crippen LogP contribution in [0.4, 0.5) is 0 Å². The third-order valence-corrected chi connectivity index (χ3v) is 3.25. The lowest BCUT2D eigenvalue weighted by atomic mass is 9.83. The van der Waals surface area contributed by atoms with Gasteiger partial charge in [-0.05, 0) is 19.8 Å². The van der Waals surface area contributed by atoms with Gasteiger partial charge < -0.3 is 10.4 Å². The molecule has 0 aromatic heterocycles. The molecular formula is C10H20BrNO2. The zero-order chi connectivity index (χ0) is 11.2. The van der Waals surface area contributed by atoms with Gasteiger partial charge in [-0.15, -0.1) is 0 Å². The Kier molecular flexibility index (Phi) is 6.36. The highest BCUT2D eigenvalue weighted by Crippen LogP contribution is 2.24. The Labute approximate surface area is 94.4 Å². The molecule has 0 aliphatic heterocycles. The second kappa shape index (κ2) is 6.40. The van der Waals surface area contributed by atoms with Crippen LogP contribution in [0, 0.1) is 5.41 Å². The topological polar surface area (TPSA) is 49.3 Å². The lowest BCUT2D eigenvalue weighted by molar-refractivity contribution is -0.120. The van der Waals surface area contributed by atoms with Crippen LogP contribution in [0.25, 0.3) is 0 Å². The van der Waals surface area contributed by atoms with Crippen molar-refractivity contribution in [1.29, 1.82) is 0 Å². The van der Waals surface area contributed by atoms with Crippen molar-refractivity contribution < 1.29 is 9.90 Å². The third-order valence-electron chi connectivity index (χ3n) is 2.83. The van der Waals surface area contributed by atoms with Gasteiger partial charge in [0.05, 0.1) is 11.4 Å². The predicted octanol–water partition coefficient (Wildman–Crippen LogP) is 1.68. The van der Waals surface area contributed by atoms with Crippen LogP contribution in [0.2, 0.25) is 0 Å². The largest absolute Gasteiger partial charge is 0.396 e. The number of rotatable bonds is 6. The summed E-state index contributed by atoms with van der Waals surface area (Å²) in [6, 6.07) is 0. The van der Waals surface area contributed by atoms with Crippen LogP contribution >= 0.6 is 15.9 Å². The minimum absolute atomic E-state index is 0.0234. The van der Waals surface area contributed by atoms with Crippen LogP contribution in [-0.4, -0.2) is 29.0 Å². The first kappa shape index (κ1) is 13.9. The van der Waals surface area contributed by atoms with E-state index in [0.29, 0.717) is 6.54 Å². The average Bonchev–Trinajstić information content (AvgIpc) is 2.20. The lowest BCUT2D eigenvalue weighted by Crippen LogP contribution is -2.41. The fourth-order valence-corrected chi connectivity index (χ4v) is 1.36. The molecule has 0 aliphatic rings. The molecule has 0 saturated heterocycles. The van der Waals surface area contributed by atoms with E-state index in [1.54, 1.807) is 6.92 Å². The molecule has 0 aromatic carbocycles. The van der Waals surface area contributed by atoms with E-state index in [4.69, 9.17) is 0 Å². The van der Waals surface area contributed by atoms with Crippen LogP contribution in [0.15, 0.2) is 0 Å². The molecule has 0 spiro atoms. The summed E-state index contributed by atoms with van der Waals surface area (Å²) < 4.78 is 0. The Morgan fingerprint density at radius 3 is 2.29 bits per heavy atom. The van der Waals surface area contributed by atoms with Gasteiger partial charge in [0, 0.05) is 12.0 Å². The molecule has 1 amide bonds. The van der Waals surface area contributed by atoms with Gasteiger partial charge in [-0.3, -0.25) is 4.79 Å². The van der Waals surface area contributed by atoms with Crippen LogP contribution < -0.4 is 5.32 Å². The molecule has 14 heavy (non-hydrogen) atoms. The van der Waals surface area contributed by atoms with Crippen LogP contribution in [-0.2, 0) is 4.79 Å². The minimum Gasteiger partial charge on any atom is -0.396 e. The molecular weight excluding hydrogens is 246 g/mol. The Bertz CT molecular complexity index is 171. The molecule has 3 nitrogen and oxygen atoms in total. The Balaban J connectivity index is 4.12. The van der Waals surface area contributed by atoms with E-state index in [-0.39, 0.29) is 22.8 Å². The fourth-order valence-electron chi connectivity index (χ4n) is 1.19. The van der Waals surface area contributed by atoms with Gasteiger partial charge in [0.15, 0.2) is 0 Å². The molecule has 0 fully saturated rings. The Hall–Kier alpha value is -0.0900. The molecule has 4 heteroatoms. The maximum Gasteiger partial charge on any atom is 0.233 e. The molecule has 0 aromatic rings. The molecule has 1 unspecified atom stereocenters. The van der Waals surface area contributed by atoms with E-state index in [2.05, 4.69) is 21.2 Å². The van der Waals surface area contributed by atoms with Crippen molar-refractivity contribution in [2.75, 3.05) is 13.2 Å². The van der Waals surface area contributed by atoms with Crippen LogP contribution in [0.1, 0.15) is 33.6 Å². The summed E-state index contributed by atoms with van der Waals surface area (Å²) in [6.07, 6.45) is 1.74. The fraction of sp³-hybridized carbons (Fsp3) is 0.900. The number of carbonyl (C=O) groups is 1. The molecule has 1 atom stereocenters. The van der Waals surface area contributed by atoms with E-state index in [9.17, 15) is 9.90 Å². The summed E-state index contributed by atoms with van der Waals surface area (Å²) in [5, 5.41) is 12.1. The van der Waals surface area contributed by atoms with Crippen molar-refractivity contribution in [1.82, 2.24) is 5.32 Å². The van der Waals surface area contributed by atoms with Crippen molar-refractivity contribution in [3.05, 3.63) is 0 Å². The smallest absolute Gasteiger partial charge is 0.233 e. The van der Waals surface area contributed by atoms with Gasteiger partial charge in [0.1, 0.15) is 0 Å². The number of aliphatic hydroxyl groups is 1. The van der Waals surface area contributed by atoms with Gasteiger partial charge in [0.25, 0.3) is 0 Å². The van der Waals surface area contributed by atoms with Crippen molar-refractivity contribution in [3.63, 3.8) is 0 Å². The molecule has 0 rings (SSSR count). The van der Waals surface area contributed by atoms with E-state index in [1.165, 1.54) is 0 Å². The van der Waals surface area contributed by atoms with Crippen molar-refractivity contribution in [3.8, 4) is 0 Å². The average molecular weight is 266 g/mol. The number of hydrogen-bond donors (Lipinski definition) is 2. The maximum atomic E-state index is 11.3. The van der Waals surface area contributed by atoms with E-state index in [1.807, 2.05) is 13.8 Å². The number of alkyl halides is 1. The number of carbonyl (C=O) groups excluding carboxylic acids is 1. The van der Waals surface area contributed by atoms with Gasteiger partial charge in [-0.25, -0.2) is 0 Å². The lowest BCUT2D eigenvalue weighted by Gasteiger charge is -2.29. The highest BCUT2D eigenvalue weighted by molar-refractivity contribution is 9.10. The molecule has 0 saturated carbocycles. The zero-order valence-electron chi connectivity index (χ0n) is 9.14. The summed E-state index contributed by atoms with van der Waals surface area (Å²) in [6.45, 7) is 6.52. The SMILES string of the molecule is CCC(CC)(CO)CNC(=O)C(C)Br. The highest BCUT2D eigenvalue weighted by Gasteiger charge is 2.26. The minimum atomic E-state index is -0.174. The number of amides is 1. The standard InChI is InChI=1S/C10H20BrNO2/c1-4-10(5-2,7-13)6-12-9(14)8(3)11/h8,13H,4-7H2,1-3H3,(H,12,14). The van der Waals surface area contributed by atoms with E-state index < -0.39 is 0 Å². The van der Waals surface area contributed by atoms with Crippen molar-refractivity contribution >= 4 is 21.8 Å². The van der Waals surface area contributed by atoms with Crippen LogP contribution in [0.3, 0.4) is 0 Å². The summed E-state index contributed by atoms with van der Waals surface area (Å²) in [5.74, 6) is -0.0234. The second-order valence-electron chi connectivity index (χ2n) is 3.70. The van der Waals surface area contributed by atoms with Gasteiger partial charge in [0.2, 0.25) is 5.91 Å². The number of hydrogen-bond acceptors (Lipinski definition) is 2. The monoisotopic (exact) mass is 265 g/mol. The van der Waals surface area contributed by atoms with Gasteiger partial charge >= 0.3 is 0 Å². The van der Waals surface area contributed by atoms with E-state index in [0.717, 1.165) is 12.8 Å². The number of halogens is 1. The highest BCUT2D eigenvalue weighted by atomic mass is 79.9. The Morgan fingerprint density at radius 2 is 2.00 bits per heavy atom. The molecule has 0 bridgehead atoms. The van der Waals surface area contributed by atoms with Gasteiger partial charge in [-0.1, -0.05) is 29.8 Å². The Morgan fingerprint density at radius 1 is 1.50 bits per heavy atom. The molecule has 0 radical (unpaired) electrons. The predicted molar refractivity (Wildman–Crippen MR) is 61.5 cm³/mol. The first-order chi connectivity index (χ1) is 6.51. The zero-order valence-corrected chi connectivity index (χ0v) is 10.7. The van der Waals surface area contributed by atoms with Crippen molar-refractivity contribution in [2.45, 2.75) is 38.4 Å². The number of aliphatic hydroxyl groups excluding tert-OH is 1. The first-order valence-corrected chi connectivity index (χ1v) is 5.95. The van der Waals surface area contributed by atoms with Crippen LogP contribution in [0.5, 0.6) is 0 Å². The first-order valence-electron chi connectivity index (χ1n) is 5.04. The third kappa shape index (κ3) is 3.96. The summed E-state index contributed by atoms with van der Waals surface area (Å²) in [5.41, 5.74) is -0.155. The number of nitrogens with one attached hydrogen (secondary N) is 1. The van der Waals surface area contributed by atoms with Crippen molar-refractivity contribution in [2.24, 2.45) is 5.41 Å². The molecule has 0 heterocycles. The summed E-state index contributed by atoms with van der Waals surface area (Å²) >= 11 is 3.20. The summed E-state index contributed by atoms with van der Waals surface area (Å²) in [4.78, 5) is 11.1. The molecule has 2 N–H and O–H groups in total. The molecule has 84 valence electrons. The van der Waals surface area contributed by atoms with E-state index >= 15 is 0 Å². The quantitative estimate of drug-likeness (QED) is 0.719. The molecule has 0 aliphatic carbocycles. The van der Waals surface area contributed by atoms with Gasteiger partial charge in [-0.2, -0.15) is 0 Å². The maximum absolute atomic E-state index is 11.3. The normalized spacial score (nSPS) is 13.8. The second-order valence-corrected chi connectivity index (χ2v) is 5.07.